The minimum Gasteiger partial charge on any atom is -0.493 e. The smallest absolute Gasteiger partial charge is 0.307 e. The molecule has 0 radical (unpaired) electrons. The van der Waals surface area contributed by atoms with Crippen molar-refractivity contribution in [3.63, 3.8) is 0 Å². The van der Waals surface area contributed by atoms with E-state index >= 15 is 0 Å². The van der Waals surface area contributed by atoms with Crippen molar-refractivity contribution in [2.45, 2.75) is 33.6 Å². The summed E-state index contributed by atoms with van der Waals surface area (Å²) in [5.41, 5.74) is 3.60. The maximum atomic E-state index is 10.8. The molecule has 0 unspecified atom stereocenters. The predicted octanol–water partition coefficient (Wildman–Crippen LogP) is 4.85. The summed E-state index contributed by atoms with van der Waals surface area (Å²) in [7, 11) is 0. The number of carboxylic acids is 1. The van der Waals surface area contributed by atoms with Crippen molar-refractivity contribution in [2.24, 2.45) is 0 Å². The molecule has 2 N–H and O–H groups in total. The van der Waals surface area contributed by atoms with Gasteiger partial charge in [0.15, 0.2) is 5.82 Å². The Morgan fingerprint density at radius 1 is 1.21 bits per heavy atom. The fourth-order valence-electron chi connectivity index (χ4n) is 2.93. The van der Waals surface area contributed by atoms with Crippen molar-refractivity contribution in [3.8, 4) is 16.5 Å². The van der Waals surface area contributed by atoms with Gasteiger partial charge in [0.05, 0.1) is 17.9 Å². The van der Waals surface area contributed by atoms with Gasteiger partial charge in [-0.15, -0.1) is 11.3 Å². The Hall–Kier alpha value is -2.93. The second-order valence-corrected chi connectivity index (χ2v) is 7.20. The lowest BCUT2D eigenvalue weighted by Gasteiger charge is -2.14. The quantitative estimate of drug-likeness (QED) is 0.565. The van der Waals surface area contributed by atoms with E-state index in [1.54, 1.807) is 11.3 Å². The van der Waals surface area contributed by atoms with Gasteiger partial charge in [0.1, 0.15) is 11.6 Å². The van der Waals surface area contributed by atoms with E-state index < -0.39 is 5.97 Å². The van der Waals surface area contributed by atoms with Crippen molar-refractivity contribution >= 4 is 28.8 Å². The van der Waals surface area contributed by atoms with Crippen molar-refractivity contribution in [1.82, 2.24) is 9.97 Å². The molecule has 0 bridgehead atoms. The number of rotatable bonds is 8. The van der Waals surface area contributed by atoms with Gasteiger partial charge >= 0.3 is 5.97 Å². The molecule has 2 aromatic heterocycles. The maximum Gasteiger partial charge on any atom is 0.307 e. The summed E-state index contributed by atoms with van der Waals surface area (Å²) in [6.45, 7) is 6.64. The SMILES string of the molecule is CCOc1csc(-c2nc(C)c(CC)c(Nc3ccc(CC(=O)O)cc3)n2)c1. The van der Waals surface area contributed by atoms with Crippen LogP contribution in [0.1, 0.15) is 30.7 Å². The Labute approximate surface area is 168 Å². The first-order valence-corrected chi connectivity index (χ1v) is 10.0. The maximum absolute atomic E-state index is 10.8. The Morgan fingerprint density at radius 2 is 1.96 bits per heavy atom. The van der Waals surface area contributed by atoms with Crippen molar-refractivity contribution in [1.29, 1.82) is 0 Å². The number of aromatic nitrogens is 2. The summed E-state index contributed by atoms with van der Waals surface area (Å²) in [5, 5.41) is 14.2. The molecular weight excluding hydrogens is 374 g/mol. The fourth-order valence-corrected chi connectivity index (χ4v) is 3.69. The van der Waals surface area contributed by atoms with Gasteiger partial charge in [0.25, 0.3) is 0 Å². The summed E-state index contributed by atoms with van der Waals surface area (Å²) in [6.07, 6.45) is 0.817. The van der Waals surface area contributed by atoms with E-state index in [1.165, 1.54) is 0 Å². The zero-order valence-corrected chi connectivity index (χ0v) is 17.0. The molecule has 0 aliphatic carbocycles. The number of carbonyl (C=O) groups is 1. The van der Waals surface area contributed by atoms with E-state index in [-0.39, 0.29) is 6.42 Å². The molecule has 1 aromatic carbocycles. The number of carboxylic acid groups (broad SMARTS) is 1. The van der Waals surface area contributed by atoms with Crippen LogP contribution in [0.25, 0.3) is 10.7 Å². The van der Waals surface area contributed by atoms with Crippen LogP contribution < -0.4 is 10.1 Å². The van der Waals surface area contributed by atoms with Gasteiger partial charge in [-0.25, -0.2) is 9.97 Å². The third kappa shape index (κ3) is 4.67. The minimum atomic E-state index is -0.840. The lowest BCUT2D eigenvalue weighted by atomic mass is 10.1. The van der Waals surface area contributed by atoms with Gasteiger partial charge in [0, 0.05) is 28.4 Å². The zero-order chi connectivity index (χ0) is 20.1. The molecule has 0 amide bonds. The highest BCUT2D eigenvalue weighted by Crippen LogP contribution is 2.32. The van der Waals surface area contributed by atoms with Gasteiger partial charge in [-0.2, -0.15) is 0 Å². The van der Waals surface area contributed by atoms with Crippen LogP contribution in [-0.4, -0.2) is 27.7 Å². The van der Waals surface area contributed by atoms with Crippen molar-refractivity contribution in [3.05, 3.63) is 52.5 Å². The van der Waals surface area contributed by atoms with E-state index in [2.05, 4.69) is 17.2 Å². The van der Waals surface area contributed by atoms with Gasteiger partial charge in [-0.05, 0) is 38.0 Å². The van der Waals surface area contributed by atoms with Gasteiger partial charge in [-0.1, -0.05) is 19.1 Å². The molecule has 2 heterocycles. The topological polar surface area (TPSA) is 84.3 Å². The second kappa shape index (κ2) is 8.84. The van der Waals surface area contributed by atoms with Gasteiger partial charge < -0.3 is 15.2 Å². The highest BCUT2D eigenvalue weighted by atomic mass is 32.1. The summed E-state index contributed by atoms with van der Waals surface area (Å²) in [5.74, 6) is 1.41. The molecule has 7 heteroatoms. The average molecular weight is 398 g/mol. The second-order valence-electron chi connectivity index (χ2n) is 6.29. The molecule has 0 aliphatic rings. The summed E-state index contributed by atoms with van der Waals surface area (Å²) in [6, 6.07) is 9.31. The van der Waals surface area contributed by atoms with Crippen LogP contribution in [0.2, 0.25) is 0 Å². The zero-order valence-electron chi connectivity index (χ0n) is 16.2. The monoisotopic (exact) mass is 397 g/mol. The Morgan fingerprint density at radius 3 is 2.61 bits per heavy atom. The minimum absolute atomic E-state index is 0.0117. The summed E-state index contributed by atoms with van der Waals surface area (Å²) >= 11 is 1.55. The van der Waals surface area contributed by atoms with Crippen LogP contribution in [0.4, 0.5) is 11.5 Å². The molecule has 0 atom stereocenters. The molecule has 3 aromatic rings. The summed E-state index contributed by atoms with van der Waals surface area (Å²) < 4.78 is 5.55. The molecule has 0 saturated heterocycles. The van der Waals surface area contributed by atoms with Crippen LogP contribution >= 0.6 is 11.3 Å². The number of hydrogen-bond donors (Lipinski definition) is 2. The lowest BCUT2D eigenvalue weighted by molar-refractivity contribution is -0.136. The normalized spacial score (nSPS) is 10.7. The molecule has 0 spiro atoms. The van der Waals surface area contributed by atoms with E-state index in [1.807, 2.05) is 49.6 Å². The number of thiophene rings is 1. The molecule has 0 aliphatic heterocycles. The number of hydrogen-bond acceptors (Lipinski definition) is 6. The highest BCUT2D eigenvalue weighted by Gasteiger charge is 2.14. The molecule has 3 rings (SSSR count). The van der Waals surface area contributed by atoms with Gasteiger partial charge in [0.2, 0.25) is 0 Å². The molecule has 0 fully saturated rings. The van der Waals surface area contributed by atoms with Crippen molar-refractivity contribution < 1.29 is 14.6 Å². The first kappa shape index (κ1) is 19.8. The number of aryl methyl sites for hydroxylation is 1. The number of nitrogens with zero attached hydrogens (tertiary/aromatic N) is 2. The fraction of sp³-hybridized carbons (Fsp3) is 0.286. The first-order chi connectivity index (χ1) is 13.5. The molecule has 146 valence electrons. The standard InChI is InChI=1S/C21H23N3O3S/c1-4-17-13(3)22-21(18-11-16(12-28-18)27-5-2)24-20(17)23-15-8-6-14(7-9-15)10-19(25)26/h6-9,11-12H,4-5,10H2,1-3H3,(H,25,26)(H,22,23,24). The van der Waals surface area contributed by atoms with E-state index in [9.17, 15) is 4.79 Å². The van der Waals surface area contributed by atoms with E-state index in [4.69, 9.17) is 14.8 Å². The van der Waals surface area contributed by atoms with Crippen LogP contribution in [-0.2, 0) is 17.6 Å². The third-order valence-corrected chi connectivity index (χ3v) is 5.15. The Balaban J connectivity index is 1.90. The average Bonchev–Trinajstić information content (AvgIpc) is 3.12. The number of anilines is 2. The van der Waals surface area contributed by atoms with Crippen LogP contribution in [0.15, 0.2) is 35.7 Å². The lowest BCUT2D eigenvalue weighted by Crippen LogP contribution is -2.05. The molecule has 28 heavy (non-hydrogen) atoms. The number of nitrogens with one attached hydrogen (secondary N) is 1. The highest BCUT2D eigenvalue weighted by molar-refractivity contribution is 7.13. The number of benzene rings is 1. The Bertz CT molecular complexity index is 968. The molecule has 0 saturated carbocycles. The molecular formula is C21H23N3O3S. The van der Waals surface area contributed by atoms with Crippen LogP contribution in [0, 0.1) is 6.92 Å². The number of ether oxygens (including phenoxy) is 1. The largest absolute Gasteiger partial charge is 0.493 e. The van der Waals surface area contributed by atoms with Crippen LogP contribution in [0.3, 0.4) is 0 Å². The predicted molar refractivity (Wildman–Crippen MR) is 112 cm³/mol. The molecule has 6 nitrogen and oxygen atoms in total. The first-order valence-electron chi connectivity index (χ1n) is 9.17. The van der Waals surface area contributed by atoms with Crippen molar-refractivity contribution in [2.75, 3.05) is 11.9 Å². The third-order valence-electron chi connectivity index (χ3n) is 4.25. The number of aliphatic carboxylic acids is 1. The Kier molecular flexibility index (Phi) is 6.26. The van der Waals surface area contributed by atoms with Gasteiger partial charge in [-0.3, -0.25) is 4.79 Å². The van der Waals surface area contributed by atoms with E-state index in [0.29, 0.717) is 12.4 Å². The summed E-state index contributed by atoms with van der Waals surface area (Å²) in [4.78, 5) is 21.2. The van der Waals surface area contributed by atoms with E-state index in [0.717, 1.165) is 45.4 Å². The van der Waals surface area contributed by atoms with Crippen LogP contribution in [0.5, 0.6) is 5.75 Å².